The van der Waals surface area contributed by atoms with Crippen LogP contribution in [0.2, 0.25) is 0 Å². The predicted octanol–water partition coefficient (Wildman–Crippen LogP) is 1.35. The number of hydrogen-bond acceptors (Lipinski definition) is 4. The average molecular weight is 265 g/mol. The average Bonchev–Trinajstić information content (AvgIpc) is 2.99. The molecule has 0 radical (unpaired) electrons. The molecule has 1 aromatic rings. The van der Waals surface area contributed by atoms with Crippen molar-refractivity contribution in [3.05, 3.63) is 16.1 Å². The summed E-state index contributed by atoms with van der Waals surface area (Å²) in [6.45, 7) is 3.98. The van der Waals surface area contributed by atoms with E-state index in [1.165, 1.54) is 5.01 Å². The van der Waals surface area contributed by atoms with E-state index in [1.54, 1.807) is 11.3 Å². The number of rotatable bonds is 4. The zero-order valence-electron chi connectivity index (χ0n) is 10.7. The molecular formula is C13H19N3OS. The van der Waals surface area contributed by atoms with Crippen LogP contribution in [0, 0.1) is 6.92 Å². The maximum atomic E-state index is 11.9. The van der Waals surface area contributed by atoms with Crippen LogP contribution in [0.3, 0.4) is 0 Å². The normalized spacial score (nSPS) is 26.9. The SMILES string of the molecule is Cc1csc(CCCN2C(=O)C[C@H]3NCC[C@H]32)n1. The van der Waals surface area contributed by atoms with Crippen LogP contribution < -0.4 is 5.32 Å². The second kappa shape index (κ2) is 4.97. The number of hydrogen-bond donors (Lipinski definition) is 1. The first kappa shape index (κ1) is 12.1. The molecule has 18 heavy (non-hydrogen) atoms. The number of fused-ring (bicyclic) bond motifs is 1. The second-order valence-electron chi connectivity index (χ2n) is 5.19. The summed E-state index contributed by atoms with van der Waals surface area (Å²) in [6, 6.07) is 0.870. The molecule has 3 rings (SSSR count). The van der Waals surface area contributed by atoms with E-state index < -0.39 is 0 Å². The predicted molar refractivity (Wildman–Crippen MR) is 71.7 cm³/mol. The highest BCUT2D eigenvalue weighted by molar-refractivity contribution is 7.09. The third kappa shape index (κ3) is 2.29. The molecule has 4 nitrogen and oxygen atoms in total. The van der Waals surface area contributed by atoms with Gasteiger partial charge in [-0.15, -0.1) is 11.3 Å². The number of aryl methyl sites for hydroxylation is 2. The molecule has 98 valence electrons. The van der Waals surface area contributed by atoms with Crippen LogP contribution in [0.1, 0.15) is 30.0 Å². The van der Waals surface area contributed by atoms with Crippen molar-refractivity contribution in [3.8, 4) is 0 Å². The number of carbonyl (C=O) groups is 1. The van der Waals surface area contributed by atoms with E-state index in [1.807, 2.05) is 6.92 Å². The van der Waals surface area contributed by atoms with E-state index in [0.29, 0.717) is 24.4 Å². The Hall–Kier alpha value is -0.940. The molecule has 1 aromatic heterocycles. The molecule has 0 spiro atoms. The molecule has 5 heteroatoms. The number of nitrogens with zero attached hydrogens (tertiary/aromatic N) is 2. The van der Waals surface area contributed by atoms with Gasteiger partial charge in [0.05, 0.1) is 5.01 Å². The minimum absolute atomic E-state index is 0.326. The fourth-order valence-corrected chi connectivity index (χ4v) is 3.85. The molecule has 0 saturated carbocycles. The van der Waals surface area contributed by atoms with Crippen LogP contribution in [0.15, 0.2) is 5.38 Å². The summed E-state index contributed by atoms with van der Waals surface area (Å²) in [4.78, 5) is 18.5. The summed E-state index contributed by atoms with van der Waals surface area (Å²) in [6.07, 6.45) is 3.84. The largest absolute Gasteiger partial charge is 0.338 e. The summed E-state index contributed by atoms with van der Waals surface area (Å²) >= 11 is 1.73. The van der Waals surface area contributed by atoms with Crippen molar-refractivity contribution >= 4 is 17.2 Å². The molecule has 2 atom stereocenters. The maximum absolute atomic E-state index is 11.9. The molecule has 0 unspecified atom stereocenters. The Balaban J connectivity index is 1.52. The first-order valence-electron chi connectivity index (χ1n) is 6.68. The Morgan fingerprint density at radius 1 is 1.61 bits per heavy atom. The molecule has 1 amide bonds. The minimum atomic E-state index is 0.326. The van der Waals surface area contributed by atoms with Gasteiger partial charge in [-0.2, -0.15) is 0 Å². The monoisotopic (exact) mass is 265 g/mol. The highest BCUT2D eigenvalue weighted by Gasteiger charge is 2.41. The molecule has 3 heterocycles. The lowest BCUT2D eigenvalue weighted by atomic mass is 10.1. The van der Waals surface area contributed by atoms with E-state index >= 15 is 0 Å². The summed E-state index contributed by atoms with van der Waals surface area (Å²) in [5.74, 6) is 0.326. The Labute approximate surface area is 111 Å². The van der Waals surface area contributed by atoms with Crippen molar-refractivity contribution in [1.82, 2.24) is 15.2 Å². The maximum Gasteiger partial charge on any atom is 0.224 e. The quantitative estimate of drug-likeness (QED) is 0.894. The van der Waals surface area contributed by atoms with Crippen molar-refractivity contribution in [2.75, 3.05) is 13.1 Å². The topological polar surface area (TPSA) is 45.2 Å². The van der Waals surface area contributed by atoms with Gasteiger partial charge >= 0.3 is 0 Å². The van der Waals surface area contributed by atoms with Crippen LogP contribution in [0.5, 0.6) is 0 Å². The molecule has 0 aromatic carbocycles. The van der Waals surface area contributed by atoms with Crippen molar-refractivity contribution < 1.29 is 4.79 Å². The smallest absolute Gasteiger partial charge is 0.224 e. The van der Waals surface area contributed by atoms with Crippen molar-refractivity contribution in [3.63, 3.8) is 0 Å². The number of thiazole rings is 1. The summed E-state index contributed by atoms with van der Waals surface area (Å²) < 4.78 is 0. The molecule has 0 bridgehead atoms. The van der Waals surface area contributed by atoms with Gasteiger partial charge < -0.3 is 10.2 Å². The van der Waals surface area contributed by atoms with Crippen molar-refractivity contribution in [2.45, 2.75) is 44.7 Å². The molecule has 2 aliphatic heterocycles. The Morgan fingerprint density at radius 3 is 3.28 bits per heavy atom. The summed E-state index contributed by atoms with van der Waals surface area (Å²) in [5, 5.41) is 6.70. The Bertz CT molecular complexity index is 445. The van der Waals surface area contributed by atoms with E-state index in [-0.39, 0.29) is 0 Å². The number of amides is 1. The van der Waals surface area contributed by atoms with E-state index in [9.17, 15) is 4.79 Å². The van der Waals surface area contributed by atoms with Gasteiger partial charge in [0.1, 0.15) is 0 Å². The summed E-state index contributed by atoms with van der Waals surface area (Å²) in [7, 11) is 0. The third-order valence-electron chi connectivity index (χ3n) is 3.88. The van der Waals surface area contributed by atoms with Gasteiger partial charge in [-0.3, -0.25) is 4.79 Å². The van der Waals surface area contributed by atoms with E-state index in [2.05, 4.69) is 20.6 Å². The van der Waals surface area contributed by atoms with E-state index in [4.69, 9.17) is 0 Å². The standard InChI is InChI=1S/C13H19N3OS/c1-9-8-18-12(15-9)3-2-6-16-11-4-5-14-10(11)7-13(16)17/h8,10-11,14H,2-7H2,1H3/t10-,11-/m1/s1. The first-order valence-corrected chi connectivity index (χ1v) is 7.56. The lowest BCUT2D eigenvalue weighted by Crippen LogP contribution is -2.36. The van der Waals surface area contributed by atoms with Crippen LogP contribution in [0.25, 0.3) is 0 Å². The number of likely N-dealkylation sites (tertiary alicyclic amines) is 1. The number of nitrogens with one attached hydrogen (secondary N) is 1. The van der Waals surface area contributed by atoms with Gasteiger partial charge in [-0.1, -0.05) is 0 Å². The fourth-order valence-electron chi connectivity index (χ4n) is 3.03. The van der Waals surface area contributed by atoms with Gasteiger partial charge in [0, 0.05) is 42.5 Å². The number of carbonyl (C=O) groups excluding carboxylic acids is 1. The van der Waals surface area contributed by atoms with Crippen LogP contribution in [0.4, 0.5) is 0 Å². The molecule has 1 N–H and O–H groups in total. The number of aromatic nitrogens is 1. The van der Waals surface area contributed by atoms with Crippen LogP contribution >= 0.6 is 11.3 Å². The molecule has 2 fully saturated rings. The van der Waals surface area contributed by atoms with Gasteiger partial charge in [-0.05, 0) is 26.3 Å². The fraction of sp³-hybridized carbons (Fsp3) is 0.692. The summed E-state index contributed by atoms with van der Waals surface area (Å²) in [5.41, 5.74) is 1.10. The van der Waals surface area contributed by atoms with Gasteiger partial charge in [0.15, 0.2) is 0 Å². The lowest BCUT2D eigenvalue weighted by molar-refractivity contribution is -0.129. The lowest BCUT2D eigenvalue weighted by Gasteiger charge is -2.23. The van der Waals surface area contributed by atoms with Gasteiger partial charge in [0.2, 0.25) is 5.91 Å². The Morgan fingerprint density at radius 2 is 2.50 bits per heavy atom. The molecule has 2 saturated heterocycles. The van der Waals surface area contributed by atoms with Crippen molar-refractivity contribution in [2.24, 2.45) is 0 Å². The minimum Gasteiger partial charge on any atom is -0.338 e. The molecular weight excluding hydrogens is 246 g/mol. The van der Waals surface area contributed by atoms with Crippen molar-refractivity contribution in [1.29, 1.82) is 0 Å². The molecule has 0 aliphatic carbocycles. The zero-order valence-corrected chi connectivity index (χ0v) is 11.5. The first-order chi connectivity index (χ1) is 8.74. The Kier molecular flexibility index (Phi) is 3.35. The van der Waals surface area contributed by atoms with Crippen LogP contribution in [-0.2, 0) is 11.2 Å². The highest BCUT2D eigenvalue weighted by Crippen LogP contribution is 2.26. The van der Waals surface area contributed by atoms with Crippen LogP contribution in [-0.4, -0.2) is 41.0 Å². The molecule has 2 aliphatic rings. The van der Waals surface area contributed by atoms with Gasteiger partial charge in [-0.25, -0.2) is 4.98 Å². The zero-order chi connectivity index (χ0) is 12.5. The third-order valence-corrected chi connectivity index (χ3v) is 4.91. The highest BCUT2D eigenvalue weighted by atomic mass is 32.1. The van der Waals surface area contributed by atoms with Gasteiger partial charge in [0.25, 0.3) is 0 Å². The second-order valence-corrected chi connectivity index (χ2v) is 6.14. The van der Waals surface area contributed by atoms with E-state index in [0.717, 1.165) is 38.0 Å².